The Bertz CT molecular complexity index is 261. The van der Waals surface area contributed by atoms with Crippen molar-refractivity contribution in [3.05, 3.63) is 23.0 Å². The molecule has 0 atom stereocenters. The summed E-state index contributed by atoms with van der Waals surface area (Å²) in [6.45, 7) is 4.14. The van der Waals surface area contributed by atoms with E-state index >= 15 is 0 Å². The summed E-state index contributed by atoms with van der Waals surface area (Å²) < 4.78 is 0. The standard InChI is InChI=1S/C8H11ClN2.ClH/c1-5(2)6-3-4-11-8(9)7(6)10;/h3-5H,10H2,1-2H3;1H. The predicted molar refractivity (Wildman–Crippen MR) is 55.0 cm³/mol. The summed E-state index contributed by atoms with van der Waals surface area (Å²) in [4.78, 5) is 3.86. The highest BCUT2D eigenvalue weighted by atomic mass is 35.5. The van der Waals surface area contributed by atoms with Gasteiger partial charge in [0.25, 0.3) is 0 Å². The molecule has 0 amide bonds. The SMILES string of the molecule is CC(C)c1ccnc(Cl)c1N.Cl. The Morgan fingerprint density at radius 1 is 1.50 bits per heavy atom. The van der Waals surface area contributed by atoms with Crippen LogP contribution in [0.5, 0.6) is 0 Å². The number of pyridine rings is 1. The molecule has 68 valence electrons. The maximum Gasteiger partial charge on any atom is 0.152 e. The van der Waals surface area contributed by atoms with E-state index in [0.717, 1.165) is 5.56 Å². The van der Waals surface area contributed by atoms with Crippen molar-refractivity contribution in [3.63, 3.8) is 0 Å². The van der Waals surface area contributed by atoms with Gasteiger partial charge in [0.15, 0.2) is 5.15 Å². The molecule has 2 N–H and O–H groups in total. The quantitative estimate of drug-likeness (QED) is 0.719. The van der Waals surface area contributed by atoms with Gasteiger partial charge >= 0.3 is 0 Å². The second-order valence-electron chi connectivity index (χ2n) is 2.76. The first-order valence-electron chi connectivity index (χ1n) is 3.52. The van der Waals surface area contributed by atoms with Crippen LogP contribution in [0.1, 0.15) is 25.3 Å². The van der Waals surface area contributed by atoms with Gasteiger partial charge in [-0.3, -0.25) is 0 Å². The van der Waals surface area contributed by atoms with Crippen molar-refractivity contribution < 1.29 is 0 Å². The van der Waals surface area contributed by atoms with Crippen LogP contribution in [-0.2, 0) is 0 Å². The normalized spacial score (nSPS) is 9.67. The third-order valence-electron chi connectivity index (χ3n) is 1.60. The van der Waals surface area contributed by atoms with Crippen LogP contribution >= 0.6 is 24.0 Å². The van der Waals surface area contributed by atoms with Gasteiger partial charge in [0.1, 0.15) is 0 Å². The Balaban J connectivity index is 0.00000121. The summed E-state index contributed by atoms with van der Waals surface area (Å²) in [7, 11) is 0. The molecule has 1 aromatic heterocycles. The number of anilines is 1. The van der Waals surface area contributed by atoms with Gasteiger partial charge in [0, 0.05) is 6.20 Å². The molecule has 4 heteroatoms. The van der Waals surface area contributed by atoms with Crippen LogP contribution in [0.4, 0.5) is 5.69 Å². The minimum atomic E-state index is 0. The number of nitrogens with two attached hydrogens (primary N) is 1. The smallest absolute Gasteiger partial charge is 0.152 e. The van der Waals surface area contributed by atoms with Gasteiger partial charge < -0.3 is 5.73 Å². The number of nitrogen functional groups attached to an aromatic ring is 1. The Kier molecular flexibility index (Phi) is 4.35. The van der Waals surface area contributed by atoms with Crippen molar-refractivity contribution in [1.29, 1.82) is 0 Å². The fraction of sp³-hybridized carbons (Fsp3) is 0.375. The van der Waals surface area contributed by atoms with Crippen molar-refractivity contribution in [3.8, 4) is 0 Å². The van der Waals surface area contributed by atoms with E-state index in [9.17, 15) is 0 Å². The van der Waals surface area contributed by atoms with Crippen molar-refractivity contribution in [2.75, 3.05) is 5.73 Å². The molecule has 0 spiro atoms. The Morgan fingerprint density at radius 2 is 2.08 bits per heavy atom. The van der Waals surface area contributed by atoms with Crippen LogP contribution in [0, 0.1) is 0 Å². The average molecular weight is 207 g/mol. The van der Waals surface area contributed by atoms with Gasteiger partial charge in [-0.2, -0.15) is 0 Å². The van der Waals surface area contributed by atoms with Crippen molar-refractivity contribution in [1.82, 2.24) is 4.98 Å². The van der Waals surface area contributed by atoms with Crippen LogP contribution < -0.4 is 5.73 Å². The van der Waals surface area contributed by atoms with Crippen LogP contribution in [0.2, 0.25) is 5.15 Å². The zero-order valence-electron chi connectivity index (χ0n) is 7.04. The topological polar surface area (TPSA) is 38.9 Å². The highest BCUT2D eigenvalue weighted by Gasteiger charge is 2.06. The van der Waals surface area contributed by atoms with Gasteiger partial charge in [-0.1, -0.05) is 25.4 Å². The number of aromatic nitrogens is 1. The fourth-order valence-electron chi connectivity index (χ4n) is 0.965. The molecule has 0 saturated heterocycles. The molecule has 12 heavy (non-hydrogen) atoms. The molecule has 0 fully saturated rings. The largest absolute Gasteiger partial charge is 0.396 e. The van der Waals surface area contributed by atoms with Gasteiger partial charge in [0.2, 0.25) is 0 Å². The molecule has 0 radical (unpaired) electrons. The number of rotatable bonds is 1. The third kappa shape index (κ3) is 2.26. The lowest BCUT2D eigenvalue weighted by molar-refractivity contribution is 0.866. The Labute approximate surface area is 83.5 Å². The lowest BCUT2D eigenvalue weighted by atomic mass is 10.0. The summed E-state index contributed by atoms with van der Waals surface area (Å²) in [5.74, 6) is 0.399. The molecule has 0 saturated carbocycles. The van der Waals surface area contributed by atoms with E-state index in [2.05, 4.69) is 18.8 Å². The van der Waals surface area contributed by atoms with Crippen LogP contribution in [0.25, 0.3) is 0 Å². The molecule has 0 aliphatic rings. The molecule has 1 aromatic rings. The zero-order chi connectivity index (χ0) is 8.43. The van der Waals surface area contributed by atoms with Crippen molar-refractivity contribution >= 4 is 29.7 Å². The summed E-state index contributed by atoms with van der Waals surface area (Å²) >= 11 is 5.72. The second-order valence-corrected chi connectivity index (χ2v) is 3.12. The number of nitrogens with zero attached hydrogens (tertiary/aromatic N) is 1. The first-order chi connectivity index (χ1) is 5.13. The van der Waals surface area contributed by atoms with E-state index in [1.54, 1.807) is 6.20 Å². The molecular formula is C8H12Cl2N2. The van der Waals surface area contributed by atoms with Crippen LogP contribution in [-0.4, -0.2) is 4.98 Å². The van der Waals surface area contributed by atoms with Gasteiger partial charge in [-0.25, -0.2) is 4.98 Å². The maximum absolute atomic E-state index is 5.72. The van der Waals surface area contributed by atoms with Gasteiger partial charge in [-0.05, 0) is 17.5 Å². The first-order valence-corrected chi connectivity index (χ1v) is 3.90. The van der Waals surface area contributed by atoms with E-state index in [0.29, 0.717) is 16.8 Å². The van der Waals surface area contributed by atoms with E-state index in [4.69, 9.17) is 17.3 Å². The molecule has 2 nitrogen and oxygen atoms in total. The second kappa shape index (κ2) is 4.53. The third-order valence-corrected chi connectivity index (χ3v) is 1.90. The van der Waals surface area contributed by atoms with E-state index in [-0.39, 0.29) is 12.4 Å². The predicted octanol–water partition coefficient (Wildman–Crippen LogP) is 2.86. The zero-order valence-corrected chi connectivity index (χ0v) is 8.62. The molecule has 1 rings (SSSR count). The van der Waals surface area contributed by atoms with Crippen LogP contribution in [0.15, 0.2) is 12.3 Å². The van der Waals surface area contributed by atoms with E-state index in [1.807, 2.05) is 6.07 Å². The number of hydrogen-bond acceptors (Lipinski definition) is 2. The first kappa shape index (κ1) is 11.5. The maximum atomic E-state index is 5.72. The summed E-state index contributed by atoms with van der Waals surface area (Å²) in [6.07, 6.45) is 1.67. The molecule has 0 aliphatic heterocycles. The minimum absolute atomic E-state index is 0. The Hall–Kier alpha value is -0.470. The van der Waals surface area contributed by atoms with E-state index in [1.165, 1.54) is 0 Å². The molecule has 0 unspecified atom stereocenters. The summed E-state index contributed by atoms with van der Waals surface area (Å²) in [5.41, 5.74) is 7.35. The summed E-state index contributed by atoms with van der Waals surface area (Å²) in [5, 5.41) is 0.399. The lowest BCUT2D eigenvalue weighted by Gasteiger charge is -2.08. The summed E-state index contributed by atoms with van der Waals surface area (Å²) in [6, 6.07) is 1.89. The van der Waals surface area contributed by atoms with Crippen LogP contribution in [0.3, 0.4) is 0 Å². The van der Waals surface area contributed by atoms with Gasteiger partial charge in [-0.15, -0.1) is 12.4 Å². The highest BCUT2D eigenvalue weighted by molar-refractivity contribution is 6.31. The monoisotopic (exact) mass is 206 g/mol. The van der Waals surface area contributed by atoms with Crippen molar-refractivity contribution in [2.45, 2.75) is 19.8 Å². The minimum Gasteiger partial charge on any atom is -0.396 e. The molecule has 0 bridgehead atoms. The van der Waals surface area contributed by atoms with E-state index < -0.39 is 0 Å². The Morgan fingerprint density at radius 3 is 2.50 bits per heavy atom. The van der Waals surface area contributed by atoms with Gasteiger partial charge in [0.05, 0.1) is 5.69 Å². The lowest BCUT2D eigenvalue weighted by Crippen LogP contribution is -1.98. The van der Waals surface area contributed by atoms with Crippen molar-refractivity contribution in [2.24, 2.45) is 0 Å². The fourth-order valence-corrected chi connectivity index (χ4v) is 1.13. The molecule has 1 heterocycles. The average Bonchev–Trinajstić information content (AvgIpc) is 1.94. The molecule has 0 aromatic carbocycles. The molecular weight excluding hydrogens is 195 g/mol. The number of hydrogen-bond donors (Lipinski definition) is 1. The highest BCUT2D eigenvalue weighted by Crippen LogP contribution is 2.25. The molecule has 0 aliphatic carbocycles. The number of halogens is 2.